The third-order valence-corrected chi connectivity index (χ3v) is 2.58. The van der Waals surface area contributed by atoms with Crippen molar-refractivity contribution in [3.05, 3.63) is 17.7 Å². The van der Waals surface area contributed by atoms with E-state index in [1.807, 2.05) is 6.92 Å². The van der Waals surface area contributed by atoms with Gasteiger partial charge in [0.15, 0.2) is 23.3 Å². The molecule has 1 heterocycles. The zero-order valence-electron chi connectivity index (χ0n) is 11.3. The number of pyridine rings is 1. The summed E-state index contributed by atoms with van der Waals surface area (Å²) in [6, 6.07) is 0.737. The van der Waals surface area contributed by atoms with E-state index in [4.69, 9.17) is 0 Å². The molecule has 0 aliphatic heterocycles. The Hall–Kier alpha value is -1.92. The second-order valence-electron chi connectivity index (χ2n) is 3.94. The van der Waals surface area contributed by atoms with Crippen LogP contribution in [-0.2, 0) is 4.79 Å². The van der Waals surface area contributed by atoms with Gasteiger partial charge in [-0.25, -0.2) is 13.8 Å². The number of nitrogens with one attached hydrogen (secondary N) is 2. The van der Waals surface area contributed by atoms with E-state index in [0.717, 1.165) is 6.07 Å². The van der Waals surface area contributed by atoms with Gasteiger partial charge in [0, 0.05) is 26.2 Å². The van der Waals surface area contributed by atoms with E-state index in [-0.39, 0.29) is 24.1 Å². The standard InChI is InChI=1S/C12H18F2N4O/c1-4-15-11-8(13)6-9(14)12(17-11)16-7-10(19)18(3)5-2/h6H,4-5,7H2,1-3H3,(H2,15,16,17). The van der Waals surface area contributed by atoms with E-state index >= 15 is 0 Å². The molecule has 0 spiro atoms. The van der Waals surface area contributed by atoms with Crippen molar-refractivity contribution in [3.63, 3.8) is 0 Å². The molecular weight excluding hydrogens is 254 g/mol. The minimum absolute atomic E-state index is 0.0392. The maximum Gasteiger partial charge on any atom is 0.241 e. The van der Waals surface area contributed by atoms with Gasteiger partial charge in [0.1, 0.15) is 0 Å². The molecule has 0 saturated heterocycles. The fourth-order valence-electron chi connectivity index (χ4n) is 1.35. The number of aromatic nitrogens is 1. The van der Waals surface area contributed by atoms with Crippen LogP contribution in [0.25, 0.3) is 0 Å². The molecule has 7 heteroatoms. The summed E-state index contributed by atoms with van der Waals surface area (Å²) in [7, 11) is 1.64. The van der Waals surface area contributed by atoms with E-state index in [2.05, 4.69) is 15.6 Å². The molecule has 1 rings (SSSR count). The van der Waals surface area contributed by atoms with E-state index in [0.29, 0.717) is 13.1 Å². The number of anilines is 2. The number of carbonyl (C=O) groups is 1. The van der Waals surface area contributed by atoms with Crippen molar-refractivity contribution in [2.45, 2.75) is 13.8 Å². The van der Waals surface area contributed by atoms with Gasteiger partial charge in [0.2, 0.25) is 5.91 Å². The predicted molar refractivity (Wildman–Crippen MR) is 70.1 cm³/mol. The Labute approximate surface area is 111 Å². The smallest absolute Gasteiger partial charge is 0.241 e. The Morgan fingerprint density at radius 2 is 1.84 bits per heavy atom. The lowest BCUT2D eigenvalue weighted by atomic mass is 10.4. The van der Waals surface area contributed by atoms with E-state index in [1.165, 1.54) is 4.90 Å². The van der Waals surface area contributed by atoms with Crippen LogP contribution in [0.1, 0.15) is 13.8 Å². The molecule has 19 heavy (non-hydrogen) atoms. The number of halogens is 2. The summed E-state index contributed by atoms with van der Waals surface area (Å²) in [5, 5.41) is 5.25. The molecule has 1 aromatic heterocycles. The molecule has 1 amide bonds. The molecule has 2 N–H and O–H groups in total. The number of hydrogen-bond acceptors (Lipinski definition) is 4. The maximum absolute atomic E-state index is 13.5. The summed E-state index contributed by atoms with van der Waals surface area (Å²) in [6.07, 6.45) is 0. The highest BCUT2D eigenvalue weighted by molar-refractivity contribution is 5.80. The summed E-state index contributed by atoms with van der Waals surface area (Å²) in [5.74, 6) is -1.97. The van der Waals surface area contributed by atoms with Crippen LogP contribution in [0.3, 0.4) is 0 Å². The highest BCUT2D eigenvalue weighted by Gasteiger charge is 2.13. The molecule has 0 aliphatic rings. The predicted octanol–water partition coefficient (Wildman–Crippen LogP) is 1.68. The quantitative estimate of drug-likeness (QED) is 0.827. The van der Waals surface area contributed by atoms with Gasteiger partial charge >= 0.3 is 0 Å². The molecule has 0 atom stereocenters. The van der Waals surface area contributed by atoms with Gasteiger partial charge < -0.3 is 15.5 Å². The van der Waals surface area contributed by atoms with E-state index < -0.39 is 11.6 Å². The molecular formula is C12H18F2N4O. The van der Waals surface area contributed by atoms with Gasteiger partial charge in [-0.2, -0.15) is 0 Å². The second kappa shape index (κ2) is 6.86. The largest absolute Gasteiger partial charge is 0.368 e. The van der Waals surface area contributed by atoms with Crippen molar-refractivity contribution in [2.75, 3.05) is 37.3 Å². The first-order valence-corrected chi connectivity index (χ1v) is 6.07. The first-order chi connectivity index (χ1) is 8.99. The van der Waals surface area contributed by atoms with Gasteiger partial charge in [-0.15, -0.1) is 0 Å². The van der Waals surface area contributed by atoms with Crippen molar-refractivity contribution in [1.82, 2.24) is 9.88 Å². The number of hydrogen-bond donors (Lipinski definition) is 2. The van der Waals surface area contributed by atoms with Crippen LogP contribution in [-0.4, -0.2) is 42.5 Å². The van der Waals surface area contributed by atoms with Gasteiger partial charge in [0.05, 0.1) is 6.54 Å². The second-order valence-corrected chi connectivity index (χ2v) is 3.94. The Kier molecular flexibility index (Phi) is 5.47. The van der Waals surface area contributed by atoms with Crippen molar-refractivity contribution in [2.24, 2.45) is 0 Å². The van der Waals surface area contributed by atoms with Crippen LogP contribution in [0, 0.1) is 11.6 Å². The fraction of sp³-hybridized carbons (Fsp3) is 0.500. The van der Waals surface area contributed by atoms with Gasteiger partial charge in [-0.1, -0.05) is 0 Å². The molecule has 0 fully saturated rings. The number of rotatable bonds is 6. The molecule has 0 saturated carbocycles. The normalized spacial score (nSPS) is 10.2. The Morgan fingerprint density at radius 3 is 2.37 bits per heavy atom. The van der Waals surface area contributed by atoms with Crippen molar-refractivity contribution in [1.29, 1.82) is 0 Å². The first kappa shape index (κ1) is 15.1. The van der Waals surface area contributed by atoms with E-state index in [1.54, 1.807) is 14.0 Å². The third-order valence-electron chi connectivity index (χ3n) is 2.58. The Bertz CT molecular complexity index is 454. The average Bonchev–Trinajstić information content (AvgIpc) is 2.39. The van der Waals surface area contributed by atoms with Crippen molar-refractivity contribution >= 4 is 17.5 Å². The molecule has 5 nitrogen and oxygen atoms in total. The monoisotopic (exact) mass is 272 g/mol. The number of nitrogens with zero attached hydrogens (tertiary/aromatic N) is 2. The Morgan fingerprint density at radius 1 is 1.26 bits per heavy atom. The van der Waals surface area contributed by atoms with Gasteiger partial charge in [-0.3, -0.25) is 4.79 Å². The lowest BCUT2D eigenvalue weighted by molar-refractivity contribution is -0.127. The fourth-order valence-corrected chi connectivity index (χ4v) is 1.35. The first-order valence-electron chi connectivity index (χ1n) is 6.07. The van der Waals surface area contributed by atoms with E-state index in [9.17, 15) is 13.6 Å². The number of carbonyl (C=O) groups excluding carboxylic acids is 1. The highest BCUT2D eigenvalue weighted by Crippen LogP contribution is 2.18. The number of amides is 1. The molecule has 106 valence electrons. The molecule has 0 radical (unpaired) electrons. The zero-order chi connectivity index (χ0) is 14.4. The molecule has 0 unspecified atom stereocenters. The Balaban J connectivity index is 2.78. The number of likely N-dealkylation sites (N-methyl/N-ethyl adjacent to an activating group) is 1. The zero-order valence-corrected chi connectivity index (χ0v) is 11.3. The summed E-state index contributed by atoms with van der Waals surface area (Å²) < 4.78 is 26.8. The van der Waals surface area contributed by atoms with Crippen LogP contribution in [0.5, 0.6) is 0 Å². The molecule has 0 bridgehead atoms. The summed E-state index contributed by atoms with van der Waals surface area (Å²) >= 11 is 0. The summed E-state index contributed by atoms with van der Waals surface area (Å²) in [6.45, 7) is 4.54. The third kappa shape index (κ3) is 4.04. The molecule has 1 aromatic rings. The van der Waals surface area contributed by atoms with Crippen LogP contribution in [0.2, 0.25) is 0 Å². The average molecular weight is 272 g/mol. The highest BCUT2D eigenvalue weighted by atomic mass is 19.1. The van der Waals surface area contributed by atoms with Crippen LogP contribution in [0.4, 0.5) is 20.4 Å². The summed E-state index contributed by atoms with van der Waals surface area (Å²) in [4.78, 5) is 16.8. The van der Waals surface area contributed by atoms with Crippen LogP contribution in [0.15, 0.2) is 6.07 Å². The minimum Gasteiger partial charge on any atom is -0.368 e. The topological polar surface area (TPSA) is 57.3 Å². The van der Waals surface area contributed by atoms with Gasteiger partial charge in [0.25, 0.3) is 0 Å². The van der Waals surface area contributed by atoms with Crippen LogP contribution >= 0.6 is 0 Å². The maximum atomic E-state index is 13.5. The van der Waals surface area contributed by atoms with Gasteiger partial charge in [-0.05, 0) is 13.8 Å². The lowest BCUT2D eigenvalue weighted by Gasteiger charge is -2.15. The molecule has 0 aliphatic carbocycles. The van der Waals surface area contributed by atoms with Crippen molar-refractivity contribution < 1.29 is 13.6 Å². The minimum atomic E-state index is -0.828. The lowest BCUT2D eigenvalue weighted by Crippen LogP contribution is -2.32. The van der Waals surface area contributed by atoms with Crippen LogP contribution < -0.4 is 10.6 Å². The SMILES string of the molecule is CCNc1nc(NCC(=O)N(C)CC)c(F)cc1F. The molecule has 0 aromatic carbocycles. The summed E-state index contributed by atoms with van der Waals surface area (Å²) in [5.41, 5.74) is 0. The van der Waals surface area contributed by atoms with Crippen molar-refractivity contribution in [3.8, 4) is 0 Å².